The van der Waals surface area contributed by atoms with E-state index in [4.69, 9.17) is 4.74 Å². The van der Waals surface area contributed by atoms with E-state index in [2.05, 4.69) is 15.9 Å². The maximum absolute atomic E-state index is 13.2. The van der Waals surface area contributed by atoms with E-state index in [9.17, 15) is 9.18 Å². The van der Waals surface area contributed by atoms with Crippen molar-refractivity contribution in [3.8, 4) is 0 Å². The number of esters is 1. The van der Waals surface area contributed by atoms with Gasteiger partial charge in [0, 0.05) is 10.9 Å². The minimum absolute atomic E-state index is 0.0700. The molecular weight excluding hydrogens is 239 g/mol. The molecule has 68 valence electrons. The standard InChI is InChI=1S/C9H6BrFO2/c10-6-1-2-7(11)8-5(6)3-4-13-9(8)12/h1-2H,3-4H2. The fourth-order valence-corrected chi connectivity index (χ4v) is 1.91. The molecule has 1 heterocycles. The van der Waals surface area contributed by atoms with Crippen LogP contribution in [0.3, 0.4) is 0 Å². The van der Waals surface area contributed by atoms with Gasteiger partial charge >= 0.3 is 5.97 Å². The number of benzene rings is 1. The molecule has 0 radical (unpaired) electrons. The molecule has 0 spiro atoms. The van der Waals surface area contributed by atoms with Crippen molar-refractivity contribution in [3.63, 3.8) is 0 Å². The lowest BCUT2D eigenvalue weighted by Gasteiger charge is -2.17. The average Bonchev–Trinajstić information content (AvgIpc) is 2.12. The van der Waals surface area contributed by atoms with Crippen LogP contribution >= 0.6 is 15.9 Å². The van der Waals surface area contributed by atoms with Crippen LogP contribution in [0.5, 0.6) is 0 Å². The highest BCUT2D eigenvalue weighted by molar-refractivity contribution is 9.10. The SMILES string of the molecule is O=C1OCCc2c(Br)ccc(F)c21. The third kappa shape index (κ3) is 1.35. The number of hydrogen-bond donors (Lipinski definition) is 0. The molecule has 0 bridgehead atoms. The number of carbonyl (C=O) groups is 1. The first-order chi connectivity index (χ1) is 6.20. The molecule has 1 aromatic carbocycles. The summed E-state index contributed by atoms with van der Waals surface area (Å²) in [6, 6.07) is 2.86. The predicted molar refractivity (Wildman–Crippen MR) is 48.1 cm³/mol. The Hall–Kier alpha value is -0.900. The van der Waals surface area contributed by atoms with Crippen molar-refractivity contribution in [2.24, 2.45) is 0 Å². The van der Waals surface area contributed by atoms with Crippen molar-refractivity contribution in [3.05, 3.63) is 33.5 Å². The van der Waals surface area contributed by atoms with Gasteiger partial charge in [-0.2, -0.15) is 0 Å². The molecule has 0 saturated heterocycles. The number of rotatable bonds is 0. The van der Waals surface area contributed by atoms with E-state index in [1.54, 1.807) is 6.07 Å². The second-order valence-corrected chi connectivity index (χ2v) is 3.62. The Balaban J connectivity index is 2.67. The van der Waals surface area contributed by atoms with E-state index in [1.807, 2.05) is 0 Å². The van der Waals surface area contributed by atoms with Gasteiger partial charge in [0.25, 0.3) is 0 Å². The van der Waals surface area contributed by atoms with Gasteiger partial charge in [0.2, 0.25) is 0 Å². The molecule has 0 fully saturated rings. The first-order valence-electron chi connectivity index (χ1n) is 3.84. The van der Waals surface area contributed by atoms with Gasteiger partial charge in [-0.3, -0.25) is 0 Å². The zero-order valence-electron chi connectivity index (χ0n) is 6.64. The van der Waals surface area contributed by atoms with Crippen LogP contribution < -0.4 is 0 Å². The molecule has 0 aromatic heterocycles. The number of fused-ring (bicyclic) bond motifs is 1. The first kappa shape index (κ1) is 8.69. The minimum atomic E-state index is -0.569. The molecule has 1 aliphatic heterocycles. The Kier molecular flexibility index (Phi) is 2.07. The van der Waals surface area contributed by atoms with Gasteiger partial charge in [0.1, 0.15) is 5.82 Å². The number of halogens is 2. The van der Waals surface area contributed by atoms with E-state index >= 15 is 0 Å². The maximum Gasteiger partial charge on any atom is 0.341 e. The molecule has 1 aliphatic rings. The van der Waals surface area contributed by atoms with Crippen LogP contribution in [-0.2, 0) is 11.2 Å². The van der Waals surface area contributed by atoms with Gasteiger partial charge in [0.05, 0.1) is 12.2 Å². The molecule has 0 N–H and O–H groups in total. The van der Waals surface area contributed by atoms with Gasteiger partial charge in [0.15, 0.2) is 0 Å². The second-order valence-electron chi connectivity index (χ2n) is 2.77. The highest BCUT2D eigenvalue weighted by atomic mass is 79.9. The van der Waals surface area contributed by atoms with Crippen LogP contribution in [0.2, 0.25) is 0 Å². The molecule has 0 amide bonds. The van der Waals surface area contributed by atoms with Gasteiger partial charge in [-0.05, 0) is 17.7 Å². The molecule has 0 unspecified atom stereocenters. The number of cyclic esters (lactones) is 1. The summed E-state index contributed by atoms with van der Waals surface area (Å²) in [4.78, 5) is 11.2. The van der Waals surface area contributed by atoms with E-state index in [0.717, 1.165) is 4.47 Å². The third-order valence-electron chi connectivity index (χ3n) is 1.99. The molecular formula is C9H6BrFO2. The third-order valence-corrected chi connectivity index (χ3v) is 2.74. The first-order valence-corrected chi connectivity index (χ1v) is 4.63. The monoisotopic (exact) mass is 244 g/mol. The lowest BCUT2D eigenvalue weighted by molar-refractivity contribution is 0.0473. The number of carbonyl (C=O) groups excluding carboxylic acids is 1. The van der Waals surface area contributed by atoms with Gasteiger partial charge in [-0.1, -0.05) is 15.9 Å². The minimum Gasteiger partial charge on any atom is -0.462 e. The highest BCUT2D eigenvalue weighted by Crippen LogP contribution is 2.27. The number of ether oxygens (including phenoxy) is 1. The Labute approximate surface area is 82.8 Å². The fraction of sp³-hybridized carbons (Fsp3) is 0.222. The van der Waals surface area contributed by atoms with Crippen molar-refractivity contribution in [1.82, 2.24) is 0 Å². The summed E-state index contributed by atoms with van der Waals surface area (Å²) in [6.45, 7) is 0.327. The van der Waals surface area contributed by atoms with Gasteiger partial charge < -0.3 is 4.74 Å². The van der Waals surface area contributed by atoms with Crippen LogP contribution in [0.25, 0.3) is 0 Å². The van der Waals surface area contributed by atoms with Crippen LogP contribution in [0.1, 0.15) is 15.9 Å². The van der Waals surface area contributed by atoms with Gasteiger partial charge in [-0.15, -0.1) is 0 Å². The van der Waals surface area contributed by atoms with Crippen LogP contribution in [0, 0.1) is 5.82 Å². The molecule has 13 heavy (non-hydrogen) atoms. The Morgan fingerprint density at radius 3 is 2.92 bits per heavy atom. The lowest BCUT2D eigenvalue weighted by Crippen LogP contribution is -2.19. The molecule has 2 rings (SSSR count). The zero-order chi connectivity index (χ0) is 9.42. The van der Waals surface area contributed by atoms with Crippen molar-refractivity contribution in [2.45, 2.75) is 6.42 Å². The summed E-state index contributed by atoms with van der Waals surface area (Å²) in [6.07, 6.45) is 0.569. The normalized spacial score (nSPS) is 15.1. The molecule has 0 saturated carbocycles. The summed E-state index contributed by atoms with van der Waals surface area (Å²) < 4.78 is 18.7. The molecule has 4 heteroatoms. The Morgan fingerprint density at radius 1 is 1.46 bits per heavy atom. The summed E-state index contributed by atoms with van der Waals surface area (Å²) in [5.74, 6) is -1.08. The maximum atomic E-state index is 13.2. The van der Waals surface area contributed by atoms with Crippen LogP contribution in [0.15, 0.2) is 16.6 Å². The van der Waals surface area contributed by atoms with Crippen molar-refractivity contribution < 1.29 is 13.9 Å². The number of hydrogen-bond acceptors (Lipinski definition) is 2. The molecule has 2 nitrogen and oxygen atoms in total. The van der Waals surface area contributed by atoms with Gasteiger partial charge in [-0.25, -0.2) is 9.18 Å². The Morgan fingerprint density at radius 2 is 2.23 bits per heavy atom. The van der Waals surface area contributed by atoms with Crippen molar-refractivity contribution >= 4 is 21.9 Å². The summed E-state index contributed by atoms with van der Waals surface area (Å²) in [7, 11) is 0. The van der Waals surface area contributed by atoms with E-state index in [0.29, 0.717) is 18.6 Å². The molecule has 0 aliphatic carbocycles. The summed E-state index contributed by atoms with van der Waals surface area (Å²) in [5.41, 5.74) is 0.775. The van der Waals surface area contributed by atoms with E-state index < -0.39 is 11.8 Å². The van der Waals surface area contributed by atoms with E-state index in [-0.39, 0.29) is 5.56 Å². The van der Waals surface area contributed by atoms with Crippen molar-refractivity contribution in [2.75, 3.05) is 6.61 Å². The smallest absolute Gasteiger partial charge is 0.341 e. The second kappa shape index (κ2) is 3.10. The van der Waals surface area contributed by atoms with Crippen LogP contribution in [-0.4, -0.2) is 12.6 Å². The van der Waals surface area contributed by atoms with E-state index in [1.165, 1.54) is 6.07 Å². The quantitative estimate of drug-likeness (QED) is 0.655. The zero-order valence-corrected chi connectivity index (χ0v) is 8.23. The molecule has 0 atom stereocenters. The average molecular weight is 245 g/mol. The van der Waals surface area contributed by atoms with Crippen LogP contribution in [0.4, 0.5) is 4.39 Å². The topological polar surface area (TPSA) is 26.3 Å². The highest BCUT2D eigenvalue weighted by Gasteiger charge is 2.24. The Bertz CT molecular complexity index is 376. The largest absolute Gasteiger partial charge is 0.462 e. The summed E-state index contributed by atoms with van der Waals surface area (Å²) in [5, 5.41) is 0. The van der Waals surface area contributed by atoms with Crippen molar-refractivity contribution in [1.29, 1.82) is 0 Å². The lowest BCUT2D eigenvalue weighted by atomic mass is 10.0. The fourth-order valence-electron chi connectivity index (χ4n) is 1.38. The summed E-state index contributed by atoms with van der Waals surface area (Å²) >= 11 is 3.27. The predicted octanol–water partition coefficient (Wildman–Crippen LogP) is 2.30. The molecule has 1 aromatic rings.